The number of benzene rings is 1. The number of carbonyl (C=O) groups excluding carboxylic acids is 1. The molecule has 0 aliphatic carbocycles. The van der Waals surface area contributed by atoms with E-state index in [9.17, 15) is 4.79 Å². The Balaban J connectivity index is 0.000000686. The van der Waals surface area contributed by atoms with Gasteiger partial charge in [0, 0.05) is 5.56 Å². The van der Waals surface area contributed by atoms with E-state index in [1.54, 1.807) is 13.8 Å². The summed E-state index contributed by atoms with van der Waals surface area (Å²) in [6.45, 7) is 7.52. The lowest BCUT2D eigenvalue weighted by molar-refractivity contribution is 0.0715. The predicted molar refractivity (Wildman–Crippen MR) is 68.7 cm³/mol. The van der Waals surface area contributed by atoms with E-state index in [2.05, 4.69) is 17.2 Å². The number of fused-ring (bicyclic) bond motifs is 1. The molecular weight excluding hydrogens is 214 g/mol. The van der Waals surface area contributed by atoms with Crippen molar-refractivity contribution in [2.75, 3.05) is 5.32 Å². The van der Waals surface area contributed by atoms with Crippen LogP contribution < -0.4 is 5.32 Å². The van der Waals surface area contributed by atoms with Gasteiger partial charge in [-0.2, -0.15) is 0 Å². The van der Waals surface area contributed by atoms with Crippen LogP contribution in [-0.2, 0) is 10.3 Å². The van der Waals surface area contributed by atoms with Crippen molar-refractivity contribution in [2.45, 2.75) is 33.3 Å². The molecule has 1 amide bonds. The SMILES string of the molecule is CC.CC#CC1(C)OC(=O)Nc2ccccc21. The number of hydrogen-bond donors (Lipinski definition) is 1. The highest BCUT2D eigenvalue weighted by Crippen LogP contribution is 2.34. The maximum Gasteiger partial charge on any atom is 0.413 e. The first-order valence-corrected chi connectivity index (χ1v) is 5.69. The minimum Gasteiger partial charge on any atom is -0.425 e. The molecule has 2 rings (SSSR count). The molecule has 1 aromatic rings. The van der Waals surface area contributed by atoms with E-state index in [0.29, 0.717) is 0 Å². The summed E-state index contributed by atoms with van der Waals surface area (Å²) in [5.41, 5.74) is 0.811. The standard InChI is InChI=1S/C12H11NO2.C2H6/c1-3-8-12(2)9-6-4-5-7-10(9)13-11(14)15-12;1-2/h4-7H,1-2H3,(H,13,14);1-2H3. The Morgan fingerprint density at radius 1 is 1.29 bits per heavy atom. The molecule has 0 saturated heterocycles. The van der Waals surface area contributed by atoms with Crippen LogP contribution in [-0.4, -0.2) is 6.09 Å². The normalized spacial score (nSPS) is 20.6. The molecular formula is C14H17NO2. The van der Waals surface area contributed by atoms with Gasteiger partial charge in [0.05, 0.1) is 5.69 Å². The molecule has 1 N–H and O–H groups in total. The van der Waals surface area contributed by atoms with Crippen LogP contribution >= 0.6 is 0 Å². The van der Waals surface area contributed by atoms with E-state index < -0.39 is 11.7 Å². The summed E-state index contributed by atoms with van der Waals surface area (Å²) in [5, 5.41) is 2.64. The Bertz CT molecular complexity index is 471. The fourth-order valence-electron chi connectivity index (χ4n) is 1.72. The van der Waals surface area contributed by atoms with E-state index in [1.165, 1.54) is 0 Å². The second-order valence-electron chi connectivity index (χ2n) is 3.47. The summed E-state index contributed by atoms with van der Waals surface area (Å²) < 4.78 is 5.22. The number of cyclic esters (lactones) is 1. The zero-order valence-electron chi connectivity index (χ0n) is 10.6. The van der Waals surface area contributed by atoms with Gasteiger partial charge in [-0.15, -0.1) is 5.92 Å². The molecule has 0 radical (unpaired) electrons. The van der Waals surface area contributed by atoms with E-state index >= 15 is 0 Å². The van der Waals surface area contributed by atoms with Crippen molar-refractivity contribution in [2.24, 2.45) is 0 Å². The molecule has 3 heteroatoms. The molecule has 1 heterocycles. The average molecular weight is 231 g/mol. The molecule has 3 nitrogen and oxygen atoms in total. The first-order valence-electron chi connectivity index (χ1n) is 5.69. The summed E-state index contributed by atoms with van der Waals surface area (Å²) in [6.07, 6.45) is -0.459. The first kappa shape index (κ1) is 13.1. The summed E-state index contributed by atoms with van der Waals surface area (Å²) in [5.74, 6) is 5.70. The number of ether oxygens (including phenoxy) is 1. The van der Waals surface area contributed by atoms with Gasteiger partial charge < -0.3 is 4.74 Å². The lowest BCUT2D eigenvalue weighted by atomic mass is 9.93. The van der Waals surface area contributed by atoms with E-state index in [-0.39, 0.29) is 0 Å². The van der Waals surface area contributed by atoms with Crippen molar-refractivity contribution in [1.29, 1.82) is 0 Å². The van der Waals surface area contributed by atoms with Gasteiger partial charge in [0.15, 0.2) is 5.60 Å². The van der Waals surface area contributed by atoms with Gasteiger partial charge in [0.2, 0.25) is 0 Å². The molecule has 17 heavy (non-hydrogen) atoms. The van der Waals surface area contributed by atoms with Crippen LogP contribution in [0.4, 0.5) is 10.5 Å². The van der Waals surface area contributed by atoms with Crippen molar-refractivity contribution >= 4 is 11.8 Å². The van der Waals surface area contributed by atoms with Gasteiger partial charge in [-0.1, -0.05) is 38.0 Å². The minimum atomic E-state index is -0.840. The lowest BCUT2D eigenvalue weighted by Crippen LogP contribution is -2.36. The number of rotatable bonds is 0. The fourth-order valence-corrected chi connectivity index (χ4v) is 1.72. The van der Waals surface area contributed by atoms with E-state index in [1.807, 2.05) is 38.1 Å². The van der Waals surface area contributed by atoms with Gasteiger partial charge in [-0.05, 0) is 19.9 Å². The summed E-state index contributed by atoms with van der Waals surface area (Å²) in [7, 11) is 0. The maximum atomic E-state index is 11.3. The van der Waals surface area contributed by atoms with Crippen molar-refractivity contribution < 1.29 is 9.53 Å². The van der Waals surface area contributed by atoms with Crippen molar-refractivity contribution in [3.63, 3.8) is 0 Å². The number of hydrogen-bond acceptors (Lipinski definition) is 2. The molecule has 1 aromatic carbocycles. The number of carbonyl (C=O) groups is 1. The lowest BCUT2D eigenvalue weighted by Gasteiger charge is -2.31. The van der Waals surface area contributed by atoms with Crippen LogP contribution in [0.15, 0.2) is 24.3 Å². The fraction of sp³-hybridized carbons (Fsp3) is 0.357. The third-order valence-electron chi connectivity index (χ3n) is 2.34. The van der Waals surface area contributed by atoms with E-state index in [0.717, 1.165) is 11.3 Å². The highest BCUT2D eigenvalue weighted by atomic mass is 16.6. The molecule has 1 aliphatic rings. The van der Waals surface area contributed by atoms with Gasteiger partial charge in [-0.3, -0.25) is 5.32 Å². The summed E-state index contributed by atoms with van der Waals surface area (Å²) in [6, 6.07) is 7.50. The van der Waals surface area contributed by atoms with Crippen LogP contribution in [0.2, 0.25) is 0 Å². The second kappa shape index (κ2) is 5.40. The topological polar surface area (TPSA) is 38.3 Å². The Morgan fingerprint density at radius 2 is 1.94 bits per heavy atom. The molecule has 0 saturated carbocycles. The molecule has 1 aliphatic heterocycles. The van der Waals surface area contributed by atoms with Crippen molar-refractivity contribution in [3.05, 3.63) is 29.8 Å². The third-order valence-corrected chi connectivity index (χ3v) is 2.34. The zero-order chi connectivity index (χ0) is 12.9. The molecule has 0 spiro atoms. The van der Waals surface area contributed by atoms with Gasteiger partial charge in [0.1, 0.15) is 0 Å². The van der Waals surface area contributed by atoms with Gasteiger partial charge in [-0.25, -0.2) is 4.79 Å². The van der Waals surface area contributed by atoms with Crippen molar-refractivity contribution in [1.82, 2.24) is 0 Å². The highest BCUT2D eigenvalue weighted by Gasteiger charge is 2.35. The Labute approximate surface area is 102 Å². The third kappa shape index (κ3) is 2.59. The van der Waals surface area contributed by atoms with E-state index in [4.69, 9.17) is 4.74 Å². The largest absolute Gasteiger partial charge is 0.425 e. The summed E-state index contributed by atoms with van der Waals surface area (Å²) in [4.78, 5) is 11.3. The number of para-hydroxylation sites is 1. The highest BCUT2D eigenvalue weighted by molar-refractivity contribution is 5.89. The van der Waals surface area contributed by atoms with Crippen LogP contribution in [0, 0.1) is 11.8 Å². The molecule has 1 atom stereocenters. The number of amides is 1. The zero-order valence-corrected chi connectivity index (χ0v) is 10.6. The van der Waals surface area contributed by atoms with Crippen LogP contribution in [0.25, 0.3) is 0 Å². The smallest absolute Gasteiger partial charge is 0.413 e. The first-order chi connectivity index (χ1) is 8.15. The molecule has 1 unspecified atom stereocenters. The monoisotopic (exact) mass is 231 g/mol. The molecule has 90 valence electrons. The van der Waals surface area contributed by atoms with Gasteiger partial charge in [0.25, 0.3) is 0 Å². The van der Waals surface area contributed by atoms with Crippen LogP contribution in [0.5, 0.6) is 0 Å². The minimum absolute atomic E-state index is 0.459. The van der Waals surface area contributed by atoms with Crippen LogP contribution in [0.3, 0.4) is 0 Å². The Kier molecular flexibility index (Phi) is 4.17. The van der Waals surface area contributed by atoms with Gasteiger partial charge >= 0.3 is 6.09 Å². The van der Waals surface area contributed by atoms with Crippen molar-refractivity contribution in [3.8, 4) is 11.8 Å². The predicted octanol–water partition coefficient (Wildman–Crippen LogP) is 3.51. The summed E-state index contributed by atoms with van der Waals surface area (Å²) >= 11 is 0. The van der Waals surface area contributed by atoms with Crippen LogP contribution in [0.1, 0.15) is 33.3 Å². The molecule has 0 bridgehead atoms. The quantitative estimate of drug-likeness (QED) is 0.694. The average Bonchev–Trinajstić information content (AvgIpc) is 2.31. The second-order valence-corrected chi connectivity index (χ2v) is 3.47. The molecule has 0 fully saturated rings. The Morgan fingerprint density at radius 3 is 2.59 bits per heavy atom. The molecule has 0 aromatic heterocycles. The Hall–Kier alpha value is -1.95. The number of nitrogens with one attached hydrogen (secondary N) is 1. The number of anilines is 1. The maximum absolute atomic E-state index is 11.3.